The normalized spacial score (nSPS) is 19.1. The van der Waals surface area contributed by atoms with Crippen LogP contribution in [0.15, 0.2) is 54.6 Å². The van der Waals surface area contributed by atoms with Gasteiger partial charge in [0.15, 0.2) is 11.7 Å². The number of alkyl halides is 3. The minimum Gasteiger partial charge on any atom is -0.363 e. The molecule has 0 bridgehead atoms. The molecule has 0 saturated carbocycles. The van der Waals surface area contributed by atoms with Crippen LogP contribution in [0.5, 0.6) is 0 Å². The fourth-order valence-corrected chi connectivity index (χ4v) is 4.03. The number of fused-ring (bicyclic) bond motifs is 1. The van der Waals surface area contributed by atoms with E-state index in [-0.39, 0.29) is 29.0 Å². The highest BCUT2D eigenvalue weighted by atomic mass is 35.5. The molecule has 10 heteroatoms. The highest BCUT2D eigenvalue weighted by Gasteiger charge is 2.46. The number of halogens is 5. The number of hydrogen-bond acceptors (Lipinski definition) is 3. The van der Waals surface area contributed by atoms with Crippen molar-refractivity contribution in [1.29, 1.82) is 0 Å². The maximum atomic E-state index is 13.9. The van der Waals surface area contributed by atoms with Gasteiger partial charge in [-0.05, 0) is 30.2 Å². The van der Waals surface area contributed by atoms with Crippen molar-refractivity contribution in [1.82, 2.24) is 15.1 Å². The predicted molar refractivity (Wildman–Crippen MR) is 117 cm³/mol. The molecular weight excluding hydrogens is 464 g/mol. The Hall–Kier alpha value is -2.71. The molecule has 0 spiro atoms. The monoisotopic (exact) mass is 482 g/mol. The van der Waals surface area contributed by atoms with Crippen LogP contribution in [-0.2, 0) is 0 Å². The van der Waals surface area contributed by atoms with E-state index in [2.05, 4.69) is 15.7 Å². The molecule has 2 aromatic carbocycles. The fraction of sp³-hybridized carbons (Fsp3) is 0.273. The second-order valence-corrected chi connectivity index (χ2v) is 8.44. The van der Waals surface area contributed by atoms with E-state index in [0.717, 1.165) is 10.2 Å². The number of rotatable bonds is 4. The first-order valence-corrected chi connectivity index (χ1v) is 10.6. The molecule has 0 aliphatic carbocycles. The lowest BCUT2D eigenvalue weighted by molar-refractivity contribution is -0.173. The van der Waals surface area contributed by atoms with Crippen molar-refractivity contribution in [2.24, 2.45) is 0 Å². The van der Waals surface area contributed by atoms with Crippen molar-refractivity contribution >= 4 is 34.9 Å². The lowest BCUT2D eigenvalue weighted by Gasteiger charge is -2.33. The van der Waals surface area contributed by atoms with Crippen LogP contribution in [0.4, 0.5) is 19.0 Å². The first-order valence-electron chi connectivity index (χ1n) is 9.87. The number of carbonyl (C=O) groups excluding carboxylic acids is 1. The van der Waals surface area contributed by atoms with Gasteiger partial charge in [-0.1, -0.05) is 59.6 Å². The van der Waals surface area contributed by atoms with E-state index in [1.165, 1.54) is 12.1 Å². The fourth-order valence-electron chi connectivity index (χ4n) is 3.73. The topological polar surface area (TPSA) is 59.0 Å². The van der Waals surface area contributed by atoms with Crippen LogP contribution in [0, 0.1) is 0 Å². The zero-order valence-corrected chi connectivity index (χ0v) is 18.3. The maximum absolute atomic E-state index is 13.9. The van der Waals surface area contributed by atoms with E-state index in [1.54, 1.807) is 19.1 Å². The summed E-state index contributed by atoms with van der Waals surface area (Å²) in [6.07, 6.45) is -4.86. The smallest absolute Gasteiger partial charge is 0.363 e. The zero-order valence-electron chi connectivity index (χ0n) is 16.8. The molecule has 2 N–H and O–H groups in total. The molecule has 2 heterocycles. The summed E-state index contributed by atoms with van der Waals surface area (Å²) in [7, 11) is 0. The number of nitrogens with one attached hydrogen (secondary N) is 2. The number of hydrogen-bond donors (Lipinski definition) is 2. The predicted octanol–water partition coefficient (Wildman–Crippen LogP) is 6.34. The molecule has 0 saturated heterocycles. The van der Waals surface area contributed by atoms with Crippen LogP contribution in [0.2, 0.25) is 10.0 Å². The number of amides is 1. The van der Waals surface area contributed by atoms with Gasteiger partial charge in [-0.3, -0.25) is 4.79 Å². The largest absolute Gasteiger partial charge is 0.410 e. The van der Waals surface area contributed by atoms with Crippen LogP contribution in [0.3, 0.4) is 0 Å². The molecule has 1 aromatic heterocycles. The van der Waals surface area contributed by atoms with Crippen molar-refractivity contribution < 1.29 is 18.0 Å². The van der Waals surface area contributed by atoms with Gasteiger partial charge in [0.2, 0.25) is 0 Å². The Morgan fingerprint density at radius 2 is 1.88 bits per heavy atom. The number of nitrogens with zero attached hydrogens (tertiary/aromatic N) is 2. The zero-order chi connectivity index (χ0) is 23.0. The lowest BCUT2D eigenvalue weighted by Crippen LogP contribution is -2.36. The van der Waals surface area contributed by atoms with Gasteiger partial charge < -0.3 is 10.6 Å². The third-order valence-electron chi connectivity index (χ3n) is 5.42. The van der Waals surface area contributed by atoms with E-state index in [9.17, 15) is 18.0 Å². The molecule has 0 radical (unpaired) electrons. The molecule has 1 amide bonds. The molecule has 3 aromatic rings. The summed E-state index contributed by atoms with van der Waals surface area (Å²) in [4.78, 5) is 12.7. The van der Waals surface area contributed by atoms with Gasteiger partial charge in [0.05, 0.1) is 22.1 Å². The second kappa shape index (κ2) is 8.67. The Balaban J connectivity index is 1.61. The van der Waals surface area contributed by atoms with Gasteiger partial charge in [0.25, 0.3) is 5.91 Å². The van der Waals surface area contributed by atoms with Crippen LogP contribution in [0.25, 0.3) is 0 Å². The summed E-state index contributed by atoms with van der Waals surface area (Å²) in [6.45, 7) is 1.79. The number of anilines is 1. The van der Waals surface area contributed by atoms with Crippen molar-refractivity contribution in [3.8, 4) is 0 Å². The summed E-state index contributed by atoms with van der Waals surface area (Å²) in [6, 6.07) is 12.4. The second-order valence-electron chi connectivity index (χ2n) is 7.63. The third kappa shape index (κ3) is 4.56. The van der Waals surface area contributed by atoms with Gasteiger partial charge in [-0.25, -0.2) is 4.68 Å². The standard InChI is InChI=1S/C22H19Cl2F3N4O/c1-12(13-5-3-2-4-6-13)28-21(32)18-11-20-29-17(14-7-8-15(23)16(24)9-14)10-19(22(25,26)27)31(20)30-18/h2-9,11-12,17,19,29H,10H2,1H3,(H,28,32)/t12-,17-,19+/m1/s1. The van der Waals surface area contributed by atoms with Crippen molar-refractivity contribution in [2.45, 2.75) is 37.6 Å². The van der Waals surface area contributed by atoms with Crippen LogP contribution in [0.1, 0.15) is 53.1 Å². The number of carbonyl (C=O) groups is 1. The van der Waals surface area contributed by atoms with E-state index >= 15 is 0 Å². The average molecular weight is 483 g/mol. The quantitative estimate of drug-likeness (QED) is 0.455. The van der Waals surface area contributed by atoms with Gasteiger partial charge >= 0.3 is 6.18 Å². The Morgan fingerprint density at radius 1 is 1.16 bits per heavy atom. The Kier molecular flexibility index (Phi) is 6.09. The summed E-state index contributed by atoms with van der Waals surface area (Å²) in [5, 5.41) is 10.4. The molecule has 4 rings (SSSR count). The van der Waals surface area contributed by atoms with Gasteiger partial charge in [-0.2, -0.15) is 18.3 Å². The minimum absolute atomic E-state index is 0.0979. The van der Waals surface area contributed by atoms with Gasteiger partial charge in [-0.15, -0.1) is 0 Å². The summed E-state index contributed by atoms with van der Waals surface area (Å²) >= 11 is 12.0. The van der Waals surface area contributed by atoms with Crippen molar-refractivity contribution in [3.63, 3.8) is 0 Å². The van der Waals surface area contributed by atoms with E-state index in [0.29, 0.717) is 10.6 Å². The Morgan fingerprint density at radius 3 is 2.53 bits per heavy atom. The molecule has 0 fully saturated rings. The molecule has 1 aliphatic heterocycles. The average Bonchev–Trinajstić information content (AvgIpc) is 3.19. The van der Waals surface area contributed by atoms with Crippen molar-refractivity contribution in [2.75, 3.05) is 5.32 Å². The van der Waals surface area contributed by atoms with E-state index in [4.69, 9.17) is 23.2 Å². The summed E-state index contributed by atoms with van der Waals surface area (Å²) in [5.74, 6) is -0.454. The SMILES string of the molecule is C[C@@H](NC(=O)c1cc2n(n1)[C@H](C(F)(F)F)C[C@H](c1ccc(Cl)c(Cl)c1)N2)c1ccccc1. The number of aromatic nitrogens is 2. The molecule has 3 atom stereocenters. The van der Waals surface area contributed by atoms with Crippen molar-refractivity contribution in [3.05, 3.63) is 81.5 Å². The first kappa shape index (κ1) is 22.5. The maximum Gasteiger partial charge on any atom is 0.410 e. The minimum atomic E-state index is -4.55. The van der Waals surface area contributed by atoms with Crippen LogP contribution < -0.4 is 10.6 Å². The number of benzene rings is 2. The molecule has 32 heavy (non-hydrogen) atoms. The molecule has 168 valence electrons. The summed E-state index contributed by atoms with van der Waals surface area (Å²) in [5.41, 5.74) is 1.33. The highest BCUT2D eigenvalue weighted by molar-refractivity contribution is 6.42. The first-order chi connectivity index (χ1) is 15.1. The van der Waals surface area contributed by atoms with Gasteiger partial charge in [0.1, 0.15) is 5.82 Å². The molecule has 1 aliphatic rings. The molecule has 5 nitrogen and oxygen atoms in total. The lowest BCUT2D eigenvalue weighted by atomic mass is 9.97. The van der Waals surface area contributed by atoms with Crippen LogP contribution >= 0.6 is 23.2 Å². The Labute approximate surface area is 192 Å². The Bertz CT molecular complexity index is 1130. The summed E-state index contributed by atoms with van der Waals surface area (Å²) < 4.78 is 42.4. The van der Waals surface area contributed by atoms with E-state index < -0.39 is 24.2 Å². The van der Waals surface area contributed by atoms with E-state index in [1.807, 2.05) is 30.3 Å². The highest BCUT2D eigenvalue weighted by Crippen LogP contribution is 2.44. The molecular formula is C22H19Cl2F3N4O. The third-order valence-corrected chi connectivity index (χ3v) is 6.15. The molecule has 0 unspecified atom stereocenters. The van der Waals surface area contributed by atoms with Gasteiger partial charge in [0, 0.05) is 12.5 Å². The van der Waals surface area contributed by atoms with Crippen LogP contribution in [-0.4, -0.2) is 21.9 Å².